The van der Waals surface area contributed by atoms with Gasteiger partial charge in [-0.2, -0.15) is 10.4 Å². The number of halogens is 1. The normalized spacial score (nSPS) is 10.4. The van der Waals surface area contributed by atoms with Gasteiger partial charge in [-0.25, -0.2) is 0 Å². The van der Waals surface area contributed by atoms with E-state index in [1.807, 2.05) is 47.0 Å². The van der Waals surface area contributed by atoms with Crippen LogP contribution in [0.5, 0.6) is 5.75 Å². The molecule has 0 aliphatic carbocycles. The molecule has 0 unspecified atom stereocenters. The lowest BCUT2D eigenvalue weighted by Crippen LogP contribution is -2.04. The zero-order valence-corrected chi connectivity index (χ0v) is 19.2. The Labute approximate surface area is 185 Å². The number of ether oxygens (including phenoxy) is 1. The van der Waals surface area contributed by atoms with Crippen molar-refractivity contribution >= 4 is 58.4 Å². The average molecular weight is 518 g/mol. The lowest BCUT2D eigenvalue weighted by atomic mass is 10.0. The molecule has 6 nitrogen and oxygen atoms in total. The van der Waals surface area contributed by atoms with E-state index in [4.69, 9.17) is 10.00 Å². The zero-order chi connectivity index (χ0) is 21.0. The van der Waals surface area contributed by atoms with E-state index in [9.17, 15) is 4.79 Å². The summed E-state index contributed by atoms with van der Waals surface area (Å²) in [5, 5.41) is 15.6. The molecular weight excluding hydrogens is 499 g/mol. The molecule has 2 heterocycles. The highest BCUT2D eigenvalue weighted by molar-refractivity contribution is 14.2. The first kappa shape index (κ1) is 21.2. The molecular formula is C21H19IN4O2S. The molecule has 0 bridgehead atoms. The molecule has 2 aromatic heterocycles. The predicted octanol–water partition coefficient (Wildman–Crippen LogP) is 5.60. The third kappa shape index (κ3) is 3.97. The molecule has 0 spiro atoms. The Morgan fingerprint density at radius 3 is 2.76 bits per heavy atom. The Morgan fingerprint density at radius 2 is 2.10 bits per heavy atom. The van der Waals surface area contributed by atoms with Crippen molar-refractivity contribution in [1.29, 1.82) is 5.26 Å². The molecule has 0 aliphatic rings. The summed E-state index contributed by atoms with van der Waals surface area (Å²) in [6, 6.07) is 11.3. The summed E-state index contributed by atoms with van der Waals surface area (Å²) in [5.74, 6) is 0.651. The van der Waals surface area contributed by atoms with Crippen molar-refractivity contribution < 1.29 is 9.53 Å². The standard InChI is InChI=1S/C19H13IN4O2S.C2H6/c1-26-18-7-14(11-25)19-15(4-5-24(19)27-20)16(18)10-23-9-13-3-2-12(8-21)6-17(13)22-23;1-2/h2-7,9,11H,10H2,1H3;1-2H3. The first-order chi connectivity index (χ1) is 14.2. The van der Waals surface area contributed by atoms with Crippen LogP contribution in [-0.4, -0.2) is 27.1 Å². The summed E-state index contributed by atoms with van der Waals surface area (Å²) >= 11 is 2.19. The topological polar surface area (TPSA) is 72.8 Å². The Bertz CT molecular complexity index is 1220. The fourth-order valence-electron chi connectivity index (χ4n) is 3.24. The Morgan fingerprint density at radius 1 is 1.31 bits per heavy atom. The summed E-state index contributed by atoms with van der Waals surface area (Å²) < 4.78 is 9.35. The quantitative estimate of drug-likeness (QED) is 0.254. The number of aldehydes is 1. The number of aromatic nitrogens is 3. The van der Waals surface area contributed by atoms with Gasteiger partial charge in [0.05, 0.1) is 36.3 Å². The van der Waals surface area contributed by atoms with Crippen molar-refractivity contribution in [2.75, 3.05) is 7.11 Å². The third-order valence-electron chi connectivity index (χ3n) is 4.46. The van der Waals surface area contributed by atoms with Crippen molar-refractivity contribution in [3.63, 3.8) is 0 Å². The molecule has 0 saturated carbocycles. The lowest BCUT2D eigenvalue weighted by Gasteiger charge is -2.13. The molecule has 0 aliphatic heterocycles. The van der Waals surface area contributed by atoms with Gasteiger partial charge in [-0.1, -0.05) is 13.8 Å². The molecule has 0 atom stereocenters. The van der Waals surface area contributed by atoms with E-state index >= 15 is 0 Å². The Kier molecular flexibility index (Phi) is 6.82. The fraction of sp³-hybridized carbons (Fsp3) is 0.190. The van der Waals surface area contributed by atoms with E-state index in [1.54, 1.807) is 25.3 Å². The summed E-state index contributed by atoms with van der Waals surface area (Å²) in [6.07, 6.45) is 4.74. The first-order valence-electron chi connectivity index (χ1n) is 9.01. The number of carbonyl (C=O) groups is 1. The van der Waals surface area contributed by atoms with Crippen LogP contribution in [-0.2, 0) is 6.54 Å². The van der Waals surface area contributed by atoms with Crippen LogP contribution in [0.1, 0.15) is 35.3 Å². The molecule has 0 N–H and O–H groups in total. The highest BCUT2D eigenvalue weighted by atomic mass is 127. The maximum absolute atomic E-state index is 11.6. The molecule has 4 aromatic rings. The van der Waals surface area contributed by atoms with Gasteiger partial charge in [-0.05, 0) is 30.3 Å². The minimum Gasteiger partial charge on any atom is -0.496 e. The second-order valence-electron chi connectivity index (χ2n) is 5.95. The van der Waals surface area contributed by atoms with Crippen molar-refractivity contribution in [1.82, 2.24) is 13.8 Å². The molecule has 0 amide bonds. The smallest absolute Gasteiger partial charge is 0.152 e. The maximum atomic E-state index is 11.6. The van der Waals surface area contributed by atoms with Crippen LogP contribution in [0, 0.1) is 11.3 Å². The van der Waals surface area contributed by atoms with Crippen LogP contribution in [0.2, 0.25) is 0 Å². The van der Waals surface area contributed by atoms with Gasteiger partial charge in [0, 0.05) is 64.6 Å². The minimum absolute atomic E-state index is 0.491. The van der Waals surface area contributed by atoms with Gasteiger partial charge in [0.15, 0.2) is 6.29 Å². The van der Waals surface area contributed by atoms with E-state index in [-0.39, 0.29) is 0 Å². The maximum Gasteiger partial charge on any atom is 0.152 e. The summed E-state index contributed by atoms with van der Waals surface area (Å²) in [4.78, 5) is 11.6. The van der Waals surface area contributed by atoms with Gasteiger partial charge >= 0.3 is 0 Å². The van der Waals surface area contributed by atoms with Gasteiger partial charge in [-0.15, -0.1) is 0 Å². The van der Waals surface area contributed by atoms with Crippen molar-refractivity contribution in [3.8, 4) is 11.8 Å². The number of nitriles is 1. The first-order valence-corrected chi connectivity index (χ1v) is 12.3. The van der Waals surface area contributed by atoms with Crippen LogP contribution < -0.4 is 4.74 Å². The molecule has 2 aromatic carbocycles. The molecule has 8 heteroatoms. The summed E-state index contributed by atoms with van der Waals surface area (Å²) in [5.41, 5.74) is 3.76. The van der Waals surface area contributed by atoms with Crippen molar-refractivity contribution in [3.05, 3.63) is 59.4 Å². The SMILES string of the molecule is CC.COc1cc(C=O)c2c(ccn2SI)c1Cn1cc2ccc(C#N)cc2n1. The van der Waals surface area contributed by atoms with Crippen LogP contribution in [0.3, 0.4) is 0 Å². The van der Waals surface area contributed by atoms with Crippen LogP contribution >= 0.6 is 30.3 Å². The fourth-order valence-corrected chi connectivity index (χ4v) is 4.61. The minimum atomic E-state index is 0.491. The zero-order valence-electron chi connectivity index (χ0n) is 16.2. The van der Waals surface area contributed by atoms with Crippen LogP contribution in [0.15, 0.2) is 42.7 Å². The van der Waals surface area contributed by atoms with E-state index < -0.39 is 0 Å². The van der Waals surface area contributed by atoms with Gasteiger partial charge < -0.3 is 4.74 Å². The van der Waals surface area contributed by atoms with E-state index in [0.29, 0.717) is 23.4 Å². The molecule has 0 radical (unpaired) electrons. The number of rotatable bonds is 5. The molecule has 4 rings (SSSR count). The van der Waals surface area contributed by atoms with Gasteiger partial charge in [0.1, 0.15) is 5.75 Å². The number of hydrogen-bond acceptors (Lipinski definition) is 5. The molecule has 29 heavy (non-hydrogen) atoms. The predicted molar refractivity (Wildman–Crippen MR) is 126 cm³/mol. The number of carbonyl (C=O) groups excluding carboxylic acids is 1. The Balaban J connectivity index is 0.00000117. The van der Waals surface area contributed by atoms with Gasteiger partial charge in [0.25, 0.3) is 0 Å². The average Bonchev–Trinajstić information content (AvgIpc) is 3.38. The lowest BCUT2D eigenvalue weighted by molar-refractivity contribution is 0.112. The molecule has 148 valence electrons. The van der Waals surface area contributed by atoms with E-state index in [0.717, 1.165) is 33.7 Å². The van der Waals surface area contributed by atoms with E-state index in [2.05, 4.69) is 32.4 Å². The number of fused-ring (bicyclic) bond motifs is 2. The van der Waals surface area contributed by atoms with Crippen LogP contribution in [0.4, 0.5) is 0 Å². The highest BCUT2D eigenvalue weighted by Crippen LogP contribution is 2.35. The second kappa shape index (κ2) is 9.33. The van der Waals surface area contributed by atoms with Crippen LogP contribution in [0.25, 0.3) is 21.8 Å². The Hall–Kier alpha value is -2.51. The number of methoxy groups -OCH3 is 1. The van der Waals surface area contributed by atoms with Gasteiger partial charge in [0.2, 0.25) is 0 Å². The number of hydrogen-bond donors (Lipinski definition) is 0. The number of benzene rings is 2. The second-order valence-corrected chi connectivity index (χ2v) is 7.66. The molecule has 0 saturated heterocycles. The summed E-state index contributed by atoms with van der Waals surface area (Å²) in [6.45, 7) is 4.49. The van der Waals surface area contributed by atoms with E-state index in [1.165, 1.54) is 9.12 Å². The van der Waals surface area contributed by atoms with Crippen molar-refractivity contribution in [2.45, 2.75) is 20.4 Å². The third-order valence-corrected chi connectivity index (χ3v) is 6.19. The monoisotopic (exact) mass is 518 g/mol. The molecule has 0 fully saturated rings. The number of nitrogens with zero attached hydrogens (tertiary/aromatic N) is 4. The van der Waals surface area contributed by atoms with Crippen molar-refractivity contribution in [2.24, 2.45) is 0 Å². The summed E-state index contributed by atoms with van der Waals surface area (Å²) in [7, 11) is 3.10. The van der Waals surface area contributed by atoms with Gasteiger partial charge in [-0.3, -0.25) is 13.4 Å². The highest BCUT2D eigenvalue weighted by Gasteiger charge is 2.17. The largest absolute Gasteiger partial charge is 0.496 e.